The number of carbonyl (C=O) groups excluding carboxylic acids is 1. The number of pyridine rings is 1. The monoisotopic (exact) mass is 467 g/mol. The Hall–Kier alpha value is -4.24. The SMILES string of the molecule is Cc1cc(NC(=O)CSc2nnc(-c3ccncc3)n2-c2ccccc2)n(-c2ccccc2)n1. The molecule has 0 fully saturated rings. The smallest absolute Gasteiger partial charge is 0.236 e. The molecule has 3 aromatic heterocycles. The van der Waals surface area contributed by atoms with Crippen LogP contribution in [0.3, 0.4) is 0 Å². The lowest BCUT2D eigenvalue weighted by molar-refractivity contribution is -0.113. The van der Waals surface area contributed by atoms with Crippen molar-refractivity contribution in [1.29, 1.82) is 0 Å². The first kappa shape index (κ1) is 21.6. The average molecular weight is 468 g/mol. The molecular weight excluding hydrogens is 446 g/mol. The highest BCUT2D eigenvalue weighted by molar-refractivity contribution is 7.99. The van der Waals surface area contributed by atoms with Crippen LogP contribution in [-0.2, 0) is 4.79 Å². The largest absolute Gasteiger partial charge is 0.310 e. The first-order valence-electron chi connectivity index (χ1n) is 10.6. The normalized spacial score (nSPS) is 10.9. The molecule has 0 atom stereocenters. The van der Waals surface area contributed by atoms with Gasteiger partial charge in [-0.1, -0.05) is 48.2 Å². The van der Waals surface area contributed by atoms with Gasteiger partial charge in [-0.25, -0.2) is 4.68 Å². The van der Waals surface area contributed by atoms with Gasteiger partial charge in [-0.3, -0.25) is 14.3 Å². The fraction of sp³-hybridized carbons (Fsp3) is 0.0800. The van der Waals surface area contributed by atoms with Crippen molar-refractivity contribution < 1.29 is 4.79 Å². The van der Waals surface area contributed by atoms with E-state index in [1.807, 2.05) is 90.4 Å². The molecule has 8 nitrogen and oxygen atoms in total. The van der Waals surface area contributed by atoms with Crippen LogP contribution >= 0.6 is 11.8 Å². The number of hydrogen-bond donors (Lipinski definition) is 1. The Bertz CT molecular complexity index is 1400. The quantitative estimate of drug-likeness (QED) is 0.353. The first-order valence-corrected chi connectivity index (χ1v) is 11.6. The van der Waals surface area contributed by atoms with E-state index < -0.39 is 0 Å². The van der Waals surface area contributed by atoms with Crippen LogP contribution in [0.15, 0.2) is 96.4 Å². The lowest BCUT2D eigenvalue weighted by atomic mass is 10.2. The van der Waals surface area contributed by atoms with Crippen LogP contribution in [0.2, 0.25) is 0 Å². The van der Waals surface area contributed by atoms with Crippen LogP contribution < -0.4 is 5.32 Å². The molecule has 9 heteroatoms. The van der Waals surface area contributed by atoms with Crippen LogP contribution in [0.25, 0.3) is 22.8 Å². The van der Waals surface area contributed by atoms with Gasteiger partial charge in [-0.05, 0) is 43.3 Å². The maximum absolute atomic E-state index is 12.9. The van der Waals surface area contributed by atoms with Gasteiger partial charge < -0.3 is 5.32 Å². The number of hydrogen-bond acceptors (Lipinski definition) is 6. The van der Waals surface area contributed by atoms with E-state index >= 15 is 0 Å². The van der Waals surface area contributed by atoms with Gasteiger partial charge in [-0.2, -0.15) is 5.10 Å². The van der Waals surface area contributed by atoms with Crippen molar-refractivity contribution >= 4 is 23.5 Å². The molecule has 2 aromatic carbocycles. The van der Waals surface area contributed by atoms with E-state index in [0.29, 0.717) is 16.8 Å². The van der Waals surface area contributed by atoms with E-state index in [2.05, 4.69) is 25.6 Å². The topological polar surface area (TPSA) is 90.5 Å². The van der Waals surface area contributed by atoms with Gasteiger partial charge in [0.2, 0.25) is 5.91 Å². The van der Waals surface area contributed by atoms with Gasteiger partial charge in [0.25, 0.3) is 0 Å². The predicted molar refractivity (Wildman–Crippen MR) is 132 cm³/mol. The van der Waals surface area contributed by atoms with Gasteiger partial charge in [0.05, 0.1) is 17.1 Å². The number of amides is 1. The predicted octanol–water partition coefficient (Wildman–Crippen LogP) is 4.55. The van der Waals surface area contributed by atoms with Crippen LogP contribution in [0.1, 0.15) is 5.69 Å². The van der Waals surface area contributed by atoms with E-state index in [4.69, 9.17) is 0 Å². The van der Waals surface area contributed by atoms with Crippen molar-refractivity contribution in [3.05, 3.63) is 97.0 Å². The van der Waals surface area contributed by atoms with Gasteiger partial charge in [0.15, 0.2) is 11.0 Å². The van der Waals surface area contributed by atoms with Crippen molar-refractivity contribution in [2.24, 2.45) is 0 Å². The van der Waals surface area contributed by atoms with Gasteiger partial charge in [-0.15, -0.1) is 10.2 Å². The second-order valence-electron chi connectivity index (χ2n) is 7.47. The molecule has 168 valence electrons. The Balaban J connectivity index is 1.37. The highest BCUT2D eigenvalue weighted by Crippen LogP contribution is 2.28. The Kier molecular flexibility index (Phi) is 6.17. The highest BCUT2D eigenvalue weighted by Gasteiger charge is 2.18. The number of anilines is 1. The standard InChI is InChI=1S/C25H21N7OS/c1-18-16-22(32(30-18)21-10-6-3-7-11-21)27-23(33)17-34-25-29-28-24(19-12-14-26-15-13-19)31(25)20-8-4-2-5-9-20/h2-16H,17H2,1H3,(H,27,33). The highest BCUT2D eigenvalue weighted by atomic mass is 32.2. The summed E-state index contributed by atoms with van der Waals surface area (Å²) in [6.07, 6.45) is 3.44. The van der Waals surface area contributed by atoms with Crippen molar-refractivity contribution in [3.63, 3.8) is 0 Å². The van der Waals surface area contributed by atoms with Crippen LogP contribution in [0, 0.1) is 6.92 Å². The molecule has 0 aliphatic heterocycles. The summed E-state index contributed by atoms with van der Waals surface area (Å²) in [5.41, 5.74) is 3.51. The molecule has 3 heterocycles. The number of carbonyl (C=O) groups is 1. The summed E-state index contributed by atoms with van der Waals surface area (Å²) in [6, 6.07) is 25.2. The van der Waals surface area contributed by atoms with Crippen LogP contribution in [-0.4, -0.2) is 41.2 Å². The summed E-state index contributed by atoms with van der Waals surface area (Å²) in [4.78, 5) is 17.0. The third-order valence-electron chi connectivity index (χ3n) is 5.02. The van der Waals surface area contributed by atoms with Gasteiger partial charge in [0, 0.05) is 29.7 Å². The van der Waals surface area contributed by atoms with Gasteiger partial charge in [0.1, 0.15) is 5.82 Å². The second kappa shape index (κ2) is 9.72. The average Bonchev–Trinajstić information content (AvgIpc) is 3.47. The maximum atomic E-state index is 12.9. The molecule has 0 unspecified atom stereocenters. The number of thioether (sulfide) groups is 1. The van der Waals surface area contributed by atoms with E-state index in [1.54, 1.807) is 17.1 Å². The van der Waals surface area contributed by atoms with Crippen molar-refractivity contribution in [2.45, 2.75) is 12.1 Å². The number of nitrogens with one attached hydrogen (secondary N) is 1. The number of benzene rings is 2. The Morgan fingerprint density at radius 3 is 2.29 bits per heavy atom. The maximum Gasteiger partial charge on any atom is 0.236 e. The van der Waals surface area contributed by atoms with Crippen LogP contribution in [0.4, 0.5) is 5.82 Å². The molecule has 1 N–H and O–H groups in total. The summed E-state index contributed by atoms with van der Waals surface area (Å²) < 4.78 is 3.68. The van der Waals surface area contributed by atoms with Gasteiger partial charge >= 0.3 is 0 Å². The zero-order valence-corrected chi connectivity index (χ0v) is 19.2. The Morgan fingerprint density at radius 1 is 0.912 bits per heavy atom. The number of aromatic nitrogens is 6. The van der Waals surface area contributed by atoms with Crippen molar-refractivity contribution in [1.82, 2.24) is 29.5 Å². The lowest BCUT2D eigenvalue weighted by Gasteiger charge is -2.11. The number of aryl methyl sites for hydroxylation is 1. The van der Waals surface area contributed by atoms with E-state index in [9.17, 15) is 4.79 Å². The minimum atomic E-state index is -0.157. The summed E-state index contributed by atoms with van der Waals surface area (Å²) in [5, 5.41) is 16.9. The third-order valence-corrected chi connectivity index (χ3v) is 5.95. The van der Waals surface area contributed by atoms with E-state index in [0.717, 1.165) is 22.6 Å². The number of rotatable bonds is 7. The van der Waals surface area contributed by atoms with Crippen LogP contribution in [0.5, 0.6) is 0 Å². The van der Waals surface area contributed by atoms with E-state index in [-0.39, 0.29) is 11.7 Å². The molecule has 0 saturated carbocycles. The second-order valence-corrected chi connectivity index (χ2v) is 8.41. The Labute approximate surface area is 200 Å². The molecule has 5 aromatic rings. The molecular formula is C25H21N7OS. The zero-order valence-electron chi connectivity index (χ0n) is 18.4. The summed E-state index contributed by atoms with van der Waals surface area (Å²) in [7, 11) is 0. The number of nitrogens with zero attached hydrogens (tertiary/aromatic N) is 6. The first-order chi connectivity index (χ1) is 16.7. The fourth-order valence-electron chi connectivity index (χ4n) is 3.52. The molecule has 0 radical (unpaired) electrons. The summed E-state index contributed by atoms with van der Waals surface area (Å²) >= 11 is 1.33. The minimum Gasteiger partial charge on any atom is -0.310 e. The third kappa shape index (κ3) is 4.60. The molecule has 34 heavy (non-hydrogen) atoms. The molecule has 0 spiro atoms. The van der Waals surface area contributed by atoms with Crippen molar-refractivity contribution in [3.8, 4) is 22.8 Å². The molecule has 5 rings (SSSR count). The zero-order chi connectivity index (χ0) is 23.3. The molecule has 0 bridgehead atoms. The lowest BCUT2D eigenvalue weighted by Crippen LogP contribution is -2.17. The molecule has 1 amide bonds. The Morgan fingerprint density at radius 2 is 1.59 bits per heavy atom. The van der Waals surface area contributed by atoms with Crippen molar-refractivity contribution in [2.75, 3.05) is 11.1 Å². The number of para-hydroxylation sites is 2. The molecule has 0 aliphatic rings. The van der Waals surface area contributed by atoms with E-state index in [1.165, 1.54) is 11.8 Å². The molecule has 0 aliphatic carbocycles. The summed E-state index contributed by atoms with van der Waals surface area (Å²) in [6.45, 7) is 1.90. The minimum absolute atomic E-state index is 0.157. The molecule has 0 saturated heterocycles. The fourth-order valence-corrected chi connectivity index (χ4v) is 4.28. The summed E-state index contributed by atoms with van der Waals surface area (Å²) in [5.74, 6) is 1.32.